The highest BCUT2D eigenvalue weighted by Crippen LogP contribution is 2.20. The average Bonchev–Trinajstić information content (AvgIpc) is 2.68. The first kappa shape index (κ1) is 19.2. The average molecular weight is 391 g/mol. The lowest BCUT2D eigenvalue weighted by atomic mass is 10.1. The van der Waals surface area contributed by atoms with E-state index in [0.717, 1.165) is 11.8 Å². The molecule has 5 nitrogen and oxygen atoms in total. The molecule has 7 heteroatoms. The number of amides is 1. The van der Waals surface area contributed by atoms with Gasteiger partial charge < -0.3 is 14.5 Å². The number of nitrogens with zero attached hydrogens (tertiary/aromatic N) is 2. The molecule has 0 saturated carbocycles. The van der Waals surface area contributed by atoms with Gasteiger partial charge in [0.05, 0.1) is 5.56 Å². The second-order valence-electron chi connectivity index (χ2n) is 6.39. The SMILES string of the molecule is Cc1ccc(C(=O)OCC(=O)N2CCN(c3cccc(Cl)c3)CC2)cc1F. The Hall–Kier alpha value is -2.60. The molecule has 0 spiro atoms. The molecular formula is C20H20ClFN2O3. The van der Waals surface area contributed by atoms with Crippen molar-refractivity contribution in [2.24, 2.45) is 0 Å². The van der Waals surface area contributed by atoms with Gasteiger partial charge in [-0.1, -0.05) is 23.7 Å². The summed E-state index contributed by atoms with van der Waals surface area (Å²) in [5.74, 6) is -1.45. The lowest BCUT2D eigenvalue weighted by Gasteiger charge is -2.36. The number of piperazine rings is 1. The fraction of sp³-hybridized carbons (Fsp3) is 0.300. The van der Waals surface area contributed by atoms with Crippen molar-refractivity contribution in [1.29, 1.82) is 0 Å². The van der Waals surface area contributed by atoms with Gasteiger partial charge in [-0.25, -0.2) is 9.18 Å². The van der Waals surface area contributed by atoms with Crippen LogP contribution in [0.15, 0.2) is 42.5 Å². The van der Waals surface area contributed by atoms with E-state index in [4.69, 9.17) is 16.3 Å². The number of carbonyl (C=O) groups is 2. The number of halogens is 2. The summed E-state index contributed by atoms with van der Waals surface area (Å²) in [5.41, 5.74) is 1.55. The fourth-order valence-electron chi connectivity index (χ4n) is 2.91. The Balaban J connectivity index is 1.49. The van der Waals surface area contributed by atoms with Gasteiger partial charge in [-0.05, 0) is 42.8 Å². The van der Waals surface area contributed by atoms with Crippen LogP contribution in [-0.2, 0) is 9.53 Å². The minimum atomic E-state index is -0.709. The Bertz CT molecular complexity index is 851. The standard InChI is InChI=1S/C20H20ClFN2O3/c1-14-5-6-15(11-18(14)22)20(26)27-13-19(25)24-9-7-23(8-10-24)17-4-2-3-16(21)12-17/h2-6,11-12H,7-10,13H2,1H3. The highest BCUT2D eigenvalue weighted by atomic mass is 35.5. The van der Waals surface area contributed by atoms with E-state index in [1.165, 1.54) is 12.1 Å². The molecular weight excluding hydrogens is 371 g/mol. The topological polar surface area (TPSA) is 49.9 Å². The first-order valence-corrected chi connectivity index (χ1v) is 9.03. The molecule has 1 aliphatic rings. The summed E-state index contributed by atoms with van der Waals surface area (Å²) in [6.45, 7) is 3.65. The highest BCUT2D eigenvalue weighted by molar-refractivity contribution is 6.30. The van der Waals surface area contributed by atoms with Crippen molar-refractivity contribution in [2.75, 3.05) is 37.7 Å². The fourth-order valence-corrected chi connectivity index (χ4v) is 3.09. The number of esters is 1. The van der Waals surface area contributed by atoms with Gasteiger partial charge in [0.15, 0.2) is 6.61 Å². The molecule has 2 aromatic rings. The quantitative estimate of drug-likeness (QED) is 0.752. The molecule has 0 unspecified atom stereocenters. The summed E-state index contributed by atoms with van der Waals surface area (Å²) < 4.78 is 18.6. The Morgan fingerprint density at radius 3 is 2.52 bits per heavy atom. The van der Waals surface area contributed by atoms with Gasteiger partial charge >= 0.3 is 5.97 Å². The third-order valence-corrected chi connectivity index (χ3v) is 4.78. The van der Waals surface area contributed by atoms with Gasteiger partial charge in [0.1, 0.15) is 5.82 Å². The summed E-state index contributed by atoms with van der Waals surface area (Å²) in [6, 6.07) is 11.7. The van der Waals surface area contributed by atoms with Crippen molar-refractivity contribution in [3.63, 3.8) is 0 Å². The molecule has 27 heavy (non-hydrogen) atoms. The van der Waals surface area contributed by atoms with Crippen LogP contribution in [0, 0.1) is 12.7 Å². The molecule has 0 atom stereocenters. The van der Waals surface area contributed by atoms with E-state index >= 15 is 0 Å². The number of carbonyl (C=O) groups excluding carboxylic acids is 2. The largest absolute Gasteiger partial charge is 0.452 e. The van der Waals surface area contributed by atoms with Crippen LogP contribution in [0.25, 0.3) is 0 Å². The molecule has 1 aliphatic heterocycles. The molecule has 1 amide bonds. The van der Waals surface area contributed by atoms with Crippen LogP contribution in [-0.4, -0.2) is 49.6 Å². The van der Waals surface area contributed by atoms with E-state index in [1.807, 2.05) is 24.3 Å². The number of hydrogen-bond acceptors (Lipinski definition) is 4. The molecule has 2 aromatic carbocycles. The predicted octanol–water partition coefficient (Wildman–Crippen LogP) is 3.29. The van der Waals surface area contributed by atoms with Crippen LogP contribution in [0.4, 0.5) is 10.1 Å². The van der Waals surface area contributed by atoms with Crippen molar-refractivity contribution in [1.82, 2.24) is 4.90 Å². The summed E-state index contributed by atoms with van der Waals surface area (Å²) >= 11 is 6.02. The molecule has 1 fully saturated rings. The number of rotatable bonds is 4. The molecule has 0 aromatic heterocycles. The van der Waals surface area contributed by atoms with Crippen LogP contribution in [0.2, 0.25) is 5.02 Å². The lowest BCUT2D eigenvalue weighted by molar-refractivity contribution is -0.134. The second-order valence-corrected chi connectivity index (χ2v) is 6.82. The lowest BCUT2D eigenvalue weighted by Crippen LogP contribution is -2.49. The van der Waals surface area contributed by atoms with Crippen molar-refractivity contribution >= 4 is 29.2 Å². The number of benzene rings is 2. The number of anilines is 1. The zero-order chi connectivity index (χ0) is 19.4. The van der Waals surface area contributed by atoms with Gasteiger partial charge in [-0.15, -0.1) is 0 Å². The Morgan fingerprint density at radius 1 is 1.11 bits per heavy atom. The van der Waals surface area contributed by atoms with Crippen LogP contribution < -0.4 is 4.90 Å². The minimum Gasteiger partial charge on any atom is -0.452 e. The van der Waals surface area contributed by atoms with Gasteiger partial charge in [0, 0.05) is 36.9 Å². The number of ether oxygens (including phenoxy) is 1. The highest BCUT2D eigenvalue weighted by Gasteiger charge is 2.22. The maximum absolute atomic E-state index is 13.5. The van der Waals surface area contributed by atoms with Crippen LogP contribution in [0.5, 0.6) is 0 Å². The first-order valence-electron chi connectivity index (χ1n) is 8.65. The molecule has 0 aliphatic carbocycles. The van der Waals surface area contributed by atoms with E-state index < -0.39 is 11.8 Å². The Labute approximate surface area is 162 Å². The first-order chi connectivity index (χ1) is 12.9. The predicted molar refractivity (Wildman–Crippen MR) is 102 cm³/mol. The molecule has 0 radical (unpaired) electrons. The van der Waals surface area contributed by atoms with Crippen LogP contribution in [0.1, 0.15) is 15.9 Å². The van der Waals surface area contributed by atoms with Crippen molar-refractivity contribution in [3.05, 3.63) is 64.4 Å². The maximum Gasteiger partial charge on any atom is 0.338 e. The third kappa shape index (κ3) is 4.77. The monoisotopic (exact) mass is 390 g/mol. The van der Waals surface area contributed by atoms with E-state index in [2.05, 4.69) is 4.90 Å². The van der Waals surface area contributed by atoms with Crippen LogP contribution in [0.3, 0.4) is 0 Å². The smallest absolute Gasteiger partial charge is 0.338 e. The third-order valence-electron chi connectivity index (χ3n) is 4.54. The van der Waals surface area contributed by atoms with Crippen molar-refractivity contribution in [3.8, 4) is 0 Å². The van der Waals surface area contributed by atoms with Gasteiger partial charge in [-0.3, -0.25) is 4.79 Å². The van der Waals surface area contributed by atoms with E-state index in [0.29, 0.717) is 36.8 Å². The zero-order valence-corrected chi connectivity index (χ0v) is 15.7. The molecule has 0 N–H and O–H groups in total. The second kappa shape index (κ2) is 8.39. The molecule has 3 rings (SSSR count). The summed E-state index contributed by atoms with van der Waals surface area (Å²) in [6.07, 6.45) is 0. The number of aryl methyl sites for hydroxylation is 1. The summed E-state index contributed by atoms with van der Waals surface area (Å²) in [7, 11) is 0. The normalized spacial score (nSPS) is 14.2. The molecule has 0 bridgehead atoms. The van der Waals surface area contributed by atoms with Crippen molar-refractivity contribution < 1.29 is 18.7 Å². The summed E-state index contributed by atoms with van der Waals surface area (Å²) in [4.78, 5) is 28.1. The van der Waals surface area contributed by atoms with E-state index in [9.17, 15) is 14.0 Å². The summed E-state index contributed by atoms with van der Waals surface area (Å²) in [5, 5.41) is 0.672. The molecule has 1 heterocycles. The number of hydrogen-bond donors (Lipinski definition) is 0. The van der Waals surface area contributed by atoms with Gasteiger partial charge in [-0.2, -0.15) is 0 Å². The van der Waals surface area contributed by atoms with Gasteiger partial charge in [0.2, 0.25) is 0 Å². The molecule has 1 saturated heterocycles. The maximum atomic E-state index is 13.5. The van der Waals surface area contributed by atoms with Crippen molar-refractivity contribution in [2.45, 2.75) is 6.92 Å². The zero-order valence-electron chi connectivity index (χ0n) is 15.0. The Morgan fingerprint density at radius 2 is 1.85 bits per heavy atom. The van der Waals surface area contributed by atoms with Crippen LogP contribution >= 0.6 is 11.6 Å². The van der Waals surface area contributed by atoms with E-state index in [1.54, 1.807) is 11.8 Å². The minimum absolute atomic E-state index is 0.0941. The van der Waals surface area contributed by atoms with E-state index in [-0.39, 0.29) is 18.1 Å². The Kier molecular flexibility index (Phi) is 5.96. The molecule has 142 valence electrons. The van der Waals surface area contributed by atoms with Gasteiger partial charge in [0.25, 0.3) is 5.91 Å².